The number of ether oxygens (including phenoxy) is 1. The molecule has 0 bridgehead atoms. The van der Waals surface area contributed by atoms with Crippen molar-refractivity contribution in [2.45, 2.75) is 31.5 Å². The van der Waals surface area contributed by atoms with Crippen molar-refractivity contribution in [2.24, 2.45) is 5.92 Å². The van der Waals surface area contributed by atoms with E-state index >= 15 is 4.39 Å². The average molecular weight is 496 g/mol. The number of phenols is 1. The molecular weight excluding hydrogens is 469 g/mol. The van der Waals surface area contributed by atoms with Crippen LogP contribution < -0.4 is 15.6 Å². The minimum absolute atomic E-state index is 0.0864. The summed E-state index contributed by atoms with van der Waals surface area (Å²) in [5.74, 6) is 0.0179. The molecule has 1 amide bonds. The lowest BCUT2D eigenvalue weighted by Gasteiger charge is -2.32. The fourth-order valence-electron chi connectivity index (χ4n) is 5.28. The Morgan fingerprint density at radius 3 is 2.49 bits per heavy atom. The third-order valence-electron chi connectivity index (χ3n) is 7.08. The molecule has 8 heteroatoms. The molecule has 0 saturated carbocycles. The molecule has 182 valence electrons. The van der Waals surface area contributed by atoms with Crippen LogP contribution in [0.5, 0.6) is 11.5 Å². The van der Waals surface area contributed by atoms with Crippen LogP contribution in [-0.2, 0) is 11.2 Å². The number of rotatable bonds is 6. The minimum atomic E-state index is -0.569. The summed E-state index contributed by atoms with van der Waals surface area (Å²) in [6, 6.07) is 16.1. The predicted octanol–water partition coefficient (Wildman–Crippen LogP) is 4.46. The highest BCUT2D eigenvalue weighted by atomic mass is 35.5. The zero-order valence-corrected chi connectivity index (χ0v) is 20.2. The number of nitrogens with zero attached hydrogens (tertiary/aromatic N) is 1. The lowest BCUT2D eigenvalue weighted by molar-refractivity contribution is -0.130. The highest BCUT2D eigenvalue weighted by Gasteiger charge is 2.56. The van der Waals surface area contributed by atoms with Gasteiger partial charge in [-0.05, 0) is 54.8 Å². The lowest BCUT2D eigenvalue weighted by atomic mass is 9.82. The minimum Gasteiger partial charge on any atom is -0.508 e. The van der Waals surface area contributed by atoms with Crippen molar-refractivity contribution in [1.82, 2.24) is 15.8 Å². The summed E-state index contributed by atoms with van der Waals surface area (Å²) in [4.78, 5) is 15.3. The molecule has 3 aromatic carbocycles. The number of halogens is 2. The number of amides is 1. The second-order valence-corrected chi connectivity index (χ2v) is 9.48. The smallest absolute Gasteiger partial charge is 0.242 e. The second kappa shape index (κ2) is 9.49. The Hall–Kier alpha value is -3.13. The predicted molar refractivity (Wildman–Crippen MR) is 132 cm³/mol. The summed E-state index contributed by atoms with van der Waals surface area (Å²) < 4.78 is 20.3. The number of aromatic hydroxyl groups is 1. The van der Waals surface area contributed by atoms with Crippen molar-refractivity contribution in [2.75, 3.05) is 13.7 Å². The van der Waals surface area contributed by atoms with Gasteiger partial charge in [0.2, 0.25) is 5.91 Å². The number of aryl methyl sites for hydroxylation is 1. The number of fused-ring (bicyclic) bond motifs is 1. The number of hydrazine groups is 1. The van der Waals surface area contributed by atoms with Gasteiger partial charge in [0.15, 0.2) is 0 Å². The van der Waals surface area contributed by atoms with Gasteiger partial charge in [-0.25, -0.2) is 15.2 Å². The Kier molecular flexibility index (Phi) is 6.40. The molecule has 2 heterocycles. The SMILES string of the molecule is COc1ccc(CCN2C(=O)C3NNC(c4cc(Cl)c(C)cc4O)C3C2c2ccccc2F)cc1. The summed E-state index contributed by atoms with van der Waals surface area (Å²) in [6.07, 6.45) is 0.611. The van der Waals surface area contributed by atoms with E-state index in [9.17, 15) is 9.90 Å². The molecule has 6 nitrogen and oxygen atoms in total. The van der Waals surface area contributed by atoms with Crippen molar-refractivity contribution >= 4 is 17.5 Å². The normalized spacial score (nSPS) is 23.5. The number of likely N-dealkylation sites (tertiary alicyclic amines) is 1. The monoisotopic (exact) mass is 495 g/mol. The Bertz CT molecular complexity index is 1250. The first-order valence-corrected chi connectivity index (χ1v) is 11.9. The van der Waals surface area contributed by atoms with Gasteiger partial charge in [-0.2, -0.15) is 0 Å². The quantitative estimate of drug-likeness (QED) is 0.471. The van der Waals surface area contributed by atoms with Gasteiger partial charge in [-0.15, -0.1) is 0 Å². The fraction of sp³-hybridized carbons (Fsp3) is 0.296. The molecule has 35 heavy (non-hydrogen) atoms. The van der Waals surface area contributed by atoms with E-state index in [-0.39, 0.29) is 23.4 Å². The third-order valence-corrected chi connectivity index (χ3v) is 7.49. The Labute approximate surface area is 208 Å². The maximum atomic E-state index is 15.1. The summed E-state index contributed by atoms with van der Waals surface area (Å²) in [5, 5.41) is 11.2. The summed E-state index contributed by atoms with van der Waals surface area (Å²) in [6.45, 7) is 2.24. The zero-order chi connectivity index (χ0) is 24.7. The van der Waals surface area contributed by atoms with Crippen molar-refractivity contribution in [3.63, 3.8) is 0 Å². The maximum absolute atomic E-state index is 15.1. The van der Waals surface area contributed by atoms with Crippen LogP contribution in [0.25, 0.3) is 0 Å². The van der Waals surface area contributed by atoms with E-state index in [0.717, 1.165) is 16.9 Å². The summed E-state index contributed by atoms with van der Waals surface area (Å²) in [5.41, 5.74) is 9.11. The molecule has 4 atom stereocenters. The van der Waals surface area contributed by atoms with Gasteiger partial charge in [0.05, 0.1) is 19.2 Å². The average Bonchev–Trinajstić information content (AvgIpc) is 3.39. The zero-order valence-electron chi connectivity index (χ0n) is 19.5. The molecule has 0 spiro atoms. The highest BCUT2D eigenvalue weighted by molar-refractivity contribution is 6.31. The van der Waals surface area contributed by atoms with Crippen molar-refractivity contribution < 1.29 is 19.0 Å². The molecule has 0 aliphatic carbocycles. The number of carbonyl (C=O) groups excluding carboxylic acids is 1. The fourth-order valence-corrected chi connectivity index (χ4v) is 5.45. The van der Waals surface area contributed by atoms with Crippen LogP contribution in [0.15, 0.2) is 60.7 Å². The van der Waals surface area contributed by atoms with E-state index in [1.165, 1.54) is 6.07 Å². The topological polar surface area (TPSA) is 73.8 Å². The number of nitrogens with one attached hydrogen (secondary N) is 2. The first-order chi connectivity index (χ1) is 16.9. The van der Waals surface area contributed by atoms with E-state index in [1.54, 1.807) is 42.3 Å². The molecule has 2 saturated heterocycles. The molecule has 0 radical (unpaired) electrons. The highest BCUT2D eigenvalue weighted by Crippen LogP contribution is 2.49. The van der Waals surface area contributed by atoms with Crippen LogP contribution in [0.4, 0.5) is 4.39 Å². The van der Waals surface area contributed by atoms with E-state index in [1.807, 2.05) is 31.2 Å². The first-order valence-electron chi connectivity index (χ1n) is 11.6. The lowest BCUT2D eigenvalue weighted by Crippen LogP contribution is -2.42. The van der Waals surface area contributed by atoms with Crippen molar-refractivity contribution in [1.29, 1.82) is 0 Å². The first kappa shape index (κ1) is 23.6. The number of methoxy groups -OCH3 is 1. The van der Waals surface area contributed by atoms with E-state index in [4.69, 9.17) is 16.3 Å². The number of hydrogen-bond acceptors (Lipinski definition) is 5. The molecule has 2 fully saturated rings. The van der Waals surface area contributed by atoms with Crippen LogP contribution in [0, 0.1) is 18.7 Å². The molecule has 5 rings (SSSR count). The molecule has 3 N–H and O–H groups in total. The Morgan fingerprint density at radius 1 is 1.06 bits per heavy atom. The largest absolute Gasteiger partial charge is 0.508 e. The molecule has 4 unspecified atom stereocenters. The molecular formula is C27H27ClFN3O3. The molecule has 2 aliphatic rings. The van der Waals surface area contributed by atoms with E-state index in [2.05, 4.69) is 10.9 Å². The van der Waals surface area contributed by atoms with Crippen molar-refractivity contribution in [3.8, 4) is 11.5 Å². The van der Waals surface area contributed by atoms with Crippen LogP contribution >= 0.6 is 11.6 Å². The van der Waals surface area contributed by atoms with Gasteiger partial charge in [0.1, 0.15) is 23.4 Å². The third kappa shape index (κ3) is 4.24. The van der Waals surface area contributed by atoms with Gasteiger partial charge < -0.3 is 14.7 Å². The summed E-state index contributed by atoms with van der Waals surface area (Å²) in [7, 11) is 1.62. The van der Waals surface area contributed by atoms with E-state index in [0.29, 0.717) is 29.1 Å². The number of benzene rings is 3. The number of carbonyl (C=O) groups is 1. The van der Waals surface area contributed by atoms with Gasteiger partial charge >= 0.3 is 0 Å². The molecule has 2 aliphatic heterocycles. The van der Waals surface area contributed by atoms with Crippen LogP contribution in [0.3, 0.4) is 0 Å². The van der Waals surface area contributed by atoms with Gasteiger partial charge in [-0.3, -0.25) is 4.79 Å². The van der Waals surface area contributed by atoms with Gasteiger partial charge in [-0.1, -0.05) is 41.9 Å². The Balaban J connectivity index is 1.51. The molecule has 0 aromatic heterocycles. The van der Waals surface area contributed by atoms with Crippen LogP contribution in [-0.4, -0.2) is 35.6 Å². The van der Waals surface area contributed by atoms with Crippen LogP contribution in [0.2, 0.25) is 5.02 Å². The summed E-state index contributed by atoms with van der Waals surface area (Å²) >= 11 is 6.38. The number of hydrogen-bond donors (Lipinski definition) is 3. The second-order valence-electron chi connectivity index (χ2n) is 9.08. The Morgan fingerprint density at radius 2 is 1.77 bits per heavy atom. The van der Waals surface area contributed by atoms with Crippen molar-refractivity contribution in [3.05, 3.63) is 93.8 Å². The standard InChI is InChI=1S/C27H27ClFN3O3/c1-15-13-22(33)19(14-20(15)28)24-23-25(31-30-24)27(34)32(26(23)18-5-3-4-6-21(18)29)12-11-16-7-9-17(35-2)10-8-16/h3-10,13-14,23-26,30-31,33H,11-12H2,1-2H3. The van der Waals surface area contributed by atoms with E-state index < -0.39 is 18.1 Å². The molecule has 3 aromatic rings. The van der Waals surface area contributed by atoms with Gasteiger partial charge in [0.25, 0.3) is 0 Å². The number of phenolic OH excluding ortho intramolecular Hbond substituents is 1. The maximum Gasteiger partial charge on any atom is 0.242 e. The van der Waals surface area contributed by atoms with Gasteiger partial charge in [0, 0.05) is 28.6 Å². The van der Waals surface area contributed by atoms with Crippen LogP contribution in [0.1, 0.15) is 34.3 Å².